The fourth-order valence-corrected chi connectivity index (χ4v) is 2.58. The number of hydrogen-bond acceptors (Lipinski definition) is 4. The molecule has 2 heterocycles. The molecule has 7 heteroatoms. The van der Waals surface area contributed by atoms with Crippen molar-refractivity contribution in [2.75, 3.05) is 18.2 Å². The van der Waals surface area contributed by atoms with Crippen molar-refractivity contribution < 1.29 is 4.79 Å². The molecule has 2 aromatic rings. The van der Waals surface area contributed by atoms with Gasteiger partial charge in [-0.15, -0.1) is 0 Å². The molecule has 0 aromatic carbocycles. The van der Waals surface area contributed by atoms with Gasteiger partial charge in [0.1, 0.15) is 0 Å². The Bertz CT molecular complexity index is 602. The summed E-state index contributed by atoms with van der Waals surface area (Å²) in [5.41, 5.74) is 1.58. The maximum atomic E-state index is 12.2. The summed E-state index contributed by atoms with van der Waals surface area (Å²) in [7, 11) is 1.75. The molecule has 0 saturated heterocycles. The van der Waals surface area contributed by atoms with Gasteiger partial charge in [0.15, 0.2) is 4.60 Å². The summed E-state index contributed by atoms with van der Waals surface area (Å²) < 4.78 is 2.32. The Hall–Kier alpha value is -1.34. The van der Waals surface area contributed by atoms with E-state index in [1.807, 2.05) is 31.5 Å². The van der Waals surface area contributed by atoms with Crippen molar-refractivity contribution in [2.45, 2.75) is 12.2 Å². The van der Waals surface area contributed by atoms with Gasteiger partial charge < -0.3 is 4.90 Å². The molecular weight excluding hydrogens is 340 g/mol. The Morgan fingerprint density at radius 2 is 2.30 bits per heavy atom. The van der Waals surface area contributed by atoms with Crippen LogP contribution in [0.5, 0.6) is 0 Å². The van der Waals surface area contributed by atoms with Gasteiger partial charge in [-0.3, -0.25) is 9.78 Å². The molecule has 1 amide bonds. The molecule has 0 fully saturated rings. The summed E-state index contributed by atoms with van der Waals surface area (Å²) in [4.78, 5) is 17.9. The van der Waals surface area contributed by atoms with Crippen LogP contribution >= 0.6 is 27.7 Å². The summed E-state index contributed by atoms with van der Waals surface area (Å²) in [6, 6.07) is 3.75. The third kappa shape index (κ3) is 3.04. The highest BCUT2D eigenvalue weighted by molar-refractivity contribution is 9.10. The maximum Gasteiger partial charge on any atom is 0.239 e. The van der Waals surface area contributed by atoms with E-state index in [1.54, 1.807) is 29.0 Å². The van der Waals surface area contributed by atoms with Gasteiger partial charge in [-0.2, -0.15) is 16.9 Å². The van der Waals surface area contributed by atoms with E-state index in [0.717, 1.165) is 11.4 Å². The van der Waals surface area contributed by atoms with Crippen molar-refractivity contribution in [3.05, 3.63) is 35.3 Å². The topological polar surface area (TPSA) is 51.0 Å². The van der Waals surface area contributed by atoms with Crippen LogP contribution in [0, 0.1) is 0 Å². The molecule has 0 aliphatic rings. The average Bonchev–Trinajstić information content (AvgIpc) is 2.87. The van der Waals surface area contributed by atoms with Gasteiger partial charge in [0.05, 0.1) is 29.0 Å². The molecule has 0 bridgehead atoms. The lowest BCUT2D eigenvalue weighted by Gasteiger charge is -2.18. The molecule has 0 radical (unpaired) electrons. The highest BCUT2D eigenvalue weighted by atomic mass is 79.9. The zero-order valence-corrected chi connectivity index (χ0v) is 13.8. The summed E-state index contributed by atoms with van der Waals surface area (Å²) in [5, 5.41) is 4.27. The fraction of sp³-hybridized carbons (Fsp3) is 0.308. The van der Waals surface area contributed by atoms with Crippen molar-refractivity contribution in [2.24, 2.45) is 0 Å². The van der Waals surface area contributed by atoms with Crippen molar-refractivity contribution >= 4 is 39.3 Å². The van der Waals surface area contributed by atoms with Crippen molar-refractivity contribution in [1.29, 1.82) is 0 Å². The minimum Gasteiger partial charge on any atom is -0.311 e. The van der Waals surface area contributed by atoms with Crippen LogP contribution in [0.3, 0.4) is 0 Å². The van der Waals surface area contributed by atoms with Crippen LogP contribution in [0.1, 0.15) is 6.92 Å². The monoisotopic (exact) mass is 354 g/mol. The highest BCUT2D eigenvalue weighted by Crippen LogP contribution is 2.26. The van der Waals surface area contributed by atoms with Crippen LogP contribution in [-0.4, -0.2) is 39.2 Å². The lowest BCUT2D eigenvalue weighted by Crippen LogP contribution is -2.33. The number of aromatic nitrogens is 3. The number of anilines is 1. The van der Waals surface area contributed by atoms with Gasteiger partial charge in [0.2, 0.25) is 5.91 Å². The zero-order valence-electron chi connectivity index (χ0n) is 11.4. The first-order valence-electron chi connectivity index (χ1n) is 6.00. The van der Waals surface area contributed by atoms with Gasteiger partial charge >= 0.3 is 0 Å². The van der Waals surface area contributed by atoms with Crippen molar-refractivity contribution in [3.63, 3.8) is 0 Å². The molecule has 0 saturated carbocycles. The second-order valence-corrected chi connectivity index (χ2v) is 6.17. The summed E-state index contributed by atoms with van der Waals surface area (Å²) >= 11 is 4.92. The van der Waals surface area contributed by atoms with Gasteiger partial charge in [-0.25, -0.2) is 4.68 Å². The number of carbonyl (C=O) groups excluding carboxylic acids is 1. The smallest absolute Gasteiger partial charge is 0.239 e. The van der Waals surface area contributed by atoms with Crippen LogP contribution in [0.4, 0.5) is 5.69 Å². The lowest BCUT2D eigenvalue weighted by molar-refractivity contribution is -0.117. The summed E-state index contributed by atoms with van der Waals surface area (Å²) in [6.07, 6.45) is 7.16. The van der Waals surface area contributed by atoms with E-state index < -0.39 is 0 Å². The van der Waals surface area contributed by atoms with Crippen molar-refractivity contribution in [3.8, 4) is 5.69 Å². The van der Waals surface area contributed by atoms with Crippen LogP contribution in [-0.2, 0) is 4.79 Å². The predicted molar refractivity (Wildman–Crippen MR) is 85.4 cm³/mol. The van der Waals surface area contributed by atoms with Crippen LogP contribution in [0.15, 0.2) is 35.3 Å². The molecule has 2 rings (SSSR count). The summed E-state index contributed by atoms with van der Waals surface area (Å²) in [5.74, 6) is 0.0453. The van der Waals surface area contributed by atoms with Crippen molar-refractivity contribution in [1.82, 2.24) is 14.8 Å². The number of hydrogen-bond donors (Lipinski definition) is 0. The molecule has 2 aromatic heterocycles. The van der Waals surface area contributed by atoms with E-state index in [1.165, 1.54) is 11.8 Å². The van der Waals surface area contributed by atoms with Crippen LogP contribution < -0.4 is 4.90 Å². The minimum absolute atomic E-state index is 0.0453. The third-order valence-corrected chi connectivity index (χ3v) is 4.43. The van der Waals surface area contributed by atoms with E-state index in [9.17, 15) is 4.79 Å². The van der Waals surface area contributed by atoms with Gasteiger partial charge in [-0.05, 0) is 41.2 Å². The Balaban J connectivity index is 2.30. The molecule has 0 N–H and O–H groups in total. The molecule has 0 aliphatic carbocycles. The Labute approximate surface area is 130 Å². The van der Waals surface area contributed by atoms with E-state index in [0.29, 0.717) is 4.60 Å². The maximum absolute atomic E-state index is 12.2. The van der Waals surface area contributed by atoms with Crippen LogP contribution in [0.25, 0.3) is 5.69 Å². The number of rotatable bonds is 4. The lowest BCUT2D eigenvalue weighted by atomic mass is 10.3. The molecule has 0 spiro atoms. The number of carbonyl (C=O) groups is 1. The first-order valence-corrected chi connectivity index (χ1v) is 8.08. The quantitative estimate of drug-likeness (QED) is 0.846. The number of nitrogens with zero attached hydrogens (tertiary/aromatic N) is 4. The largest absolute Gasteiger partial charge is 0.311 e. The highest BCUT2D eigenvalue weighted by Gasteiger charge is 2.21. The molecular formula is C13H15BrN4OS. The molecule has 5 nitrogen and oxygen atoms in total. The average molecular weight is 355 g/mol. The van der Waals surface area contributed by atoms with E-state index in [4.69, 9.17) is 0 Å². The second-order valence-electron chi connectivity index (χ2n) is 4.24. The molecule has 0 aliphatic heterocycles. The predicted octanol–water partition coefficient (Wildman–Crippen LogP) is 2.74. The van der Waals surface area contributed by atoms with Gasteiger partial charge in [-0.1, -0.05) is 0 Å². The van der Waals surface area contributed by atoms with Gasteiger partial charge in [0, 0.05) is 13.2 Å². The van der Waals surface area contributed by atoms with E-state index >= 15 is 0 Å². The first-order chi connectivity index (χ1) is 9.54. The van der Waals surface area contributed by atoms with Gasteiger partial charge in [0.25, 0.3) is 0 Å². The number of thioether (sulfide) groups is 1. The molecule has 1 unspecified atom stereocenters. The van der Waals surface area contributed by atoms with E-state index in [-0.39, 0.29) is 11.2 Å². The zero-order chi connectivity index (χ0) is 14.7. The second kappa shape index (κ2) is 6.41. The molecule has 1 atom stereocenters. The Kier molecular flexibility index (Phi) is 4.82. The standard InChI is InChI=1S/C13H15BrN4OS/c1-9(20-3)13(19)17(2)11-8-18(16-12(11)14)10-5-4-6-15-7-10/h4-9H,1-3H3. The number of pyridine rings is 1. The minimum atomic E-state index is -0.0892. The fourth-order valence-electron chi connectivity index (χ4n) is 1.68. The molecule has 20 heavy (non-hydrogen) atoms. The third-order valence-electron chi connectivity index (χ3n) is 2.96. The number of halogens is 1. The normalized spacial score (nSPS) is 12.2. The Morgan fingerprint density at radius 3 is 2.90 bits per heavy atom. The Morgan fingerprint density at radius 1 is 1.55 bits per heavy atom. The summed E-state index contributed by atoms with van der Waals surface area (Å²) in [6.45, 7) is 1.89. The molecule has 106 valence electrons. The first kappa shape index (κ1) is 15.1. The van der Waals surface area contributed by atoms with Crippen LogP contribution in [0.2, 0.25) is 0 Å². The SMILES string of the molecule is CSC(C)C(=O)N(C)c1cn(-c2cccnc2)nc1Br. The number of amides is 1. The van der Waals surface area contributed by atoms with E-state index in [2.05, 4.69) is 26.0 Å².